The molecule has 5 heteroatoms. The zero-order chi connectivity index (χ0) is 13.8. The fourth-order valence-electron chi connectivity index (χ4n) is 1.82. The second-order valence-corrected chi connectivity index (χ2v) is 4.10. The average Bonchev–Trinajstić information content (AvgIpc) is 2.39. The van der Waals surface area contributed by atoms with Crippen molar-refractivity contribution in [3.05, 3.63) is 51.8 Å². The molecule has 0 fully saturated rings. The van der Waals surface area contributed by atoms with Crippen LogP contribution in [0.1, 0.15) is 15.9 Å². The van der Waals surface area contributed by atoms with Crippen LogP contribution in [0.4, 0.5) is 0 Å². The molecule has 19 heavy (non-hydrogen) atoms. The molecule has 98 valence electrons. The highest BCUT2D eigenvalue weighted by Gasteiger charge is 2.10. The van der Waals surface area contributed by atoms with Crippen LogP contribution in [-0.2, 0) is 0 Å². The maximum absolute atomic E-state index is 11.9. The molecular weight excluding hydrogens is 244 g/mol. The number of benzene rings is 1. The molecule has 0 atom stereocenters. The number of aromatic carboxylic acids is 1. The van der Waals surface area contributed by atoms with Gasteiger partial charge < -0.3 is 15.4 Å². The first-order valence-corrected chi connectivity index (χ1v) is 5.83. The number of likely N-dealkylation sites (N-methyl/N-ethyl adjacent to an activating group) is 1. The number of pyridine rings is 1. The molecule has 1 heterocycles. The highest BCUT2D eigenvalue weighted by molar-refractivity contribution is 5.92. The minimum Gasteiger partial charge on any atom is -0.477 e. The van der Waals surface area contributed by atoms with E-state index in [1.807, 2.05) is 25.3 Å². The summed E-state index contributed by atoms with van der Waals surface area (Å²) in [6, 6.07) is 5.24. The van der Waals surface area contributed by atoms with Crippen LogP contribution in [0.3, 0.4) is 0 Å². The van der Waals surface area contributed by atoms with Crippen LogP contribution in [-0.4, -0.2) is 29.7 Å². The molecule has 0 saturated heterocycles. The SMILES string of the molecule is CNCC=Cc1ccc2c(=O)c(C(=O)O)c[nH]c2c1. The van der Waals surface area contributed by atoms with E-state index in [9.17, 15) is 9.59 Å². The van der Waals surface area contributed by atoms with Crippen molar-refractivity contribution < 1.29 is 9.90 Å². The molecule has 1 aromatic carbocycles. The van der Waals surface area contributed by atoms with Crippen molar-refractivity contribution in [3.63, 3.8) is 0 Å². The van der Waals surface area contributed by atoms with Crippen molar-refractivity contribution in [2.75, 3.05) is 13.6 Å². The minimum atomic E-state index is -1.22. The number of nitrogens with one attached hydrogen (secondary N) is 2. The molecular formula is C14H14N2O3. The summed E-state index contributed by atoms with van der Waals surface area (Å²) in [4.78, 5) is 25.6. The molecule has 5 nitrogen and oxygen atoms in total. The first-order chi connectivity index (χ1) is 9.13. The lowest BCUT2D eigenvalue weighted by molar-refractivity contribution is 0.0695. The number of fused-ring (bicyclic) bond motifs is 1. The Hall–Kier alpha value is -2.40. The summed E-state index contributed by atoms with van der Waals surface area (Å²) in [5.74, 6) is -1.22. The minimum absolute atomic E-state index is 0.244. The Kier molecular flexibility index (Phi) is 3.77. The third kappa shape index (κ3) is 2.71. The summed E-state index contributed by atoms with van der Waals surface area (Å²) in [6.45, 7) is 0.756. The average molecular weight is 258 g/mol. The molecule has 0 aliphatic rings. The number of carboxylic acid groups (broad SMARTS) is 1. The van der Waals surface area contributed by atoms with Crippen molar-refractivity contribution in [3.8, 4) is 0 Å². The van der Waals surface area contributed by atoms with Gasteiger partial charge in [0.2, 0.25) is 5.43 Å². The Labute approximate surface area is 109 Å². The highest BCUT2D eigenvalue weighted by Crippen LogP contribution is 2.12. The second kappa shape index (κ2) is 5.49. The largest absolute Gasteiger partial charge is 0.477 e. The summed E-state index contributed by atoms with van der Waals surface area (Å²) in [7, 11) is 1.86. The molecule has 0 aliphatic carbocycles. The van der Waals surface area contributed by atoms with Gasteiger partial charge in [0, 0.05) is 23.6 Å². The number of hydrogen-bond acceptors (Lipinski definition) is 3. The standard InChI is InChI=1S/C14H14N2O3/c1-15-6-2-3-9-4-5-10-12(7-9)16-8-11(13(10)17)14(18)19/h2-5,7-8,15H,6H2,1H3,(H,16,17)(H,18,19). The molecule has 2 aromatic rings. The van der Waals surface area contributed by atoms with Crippen molar-refractivity contribution in [1.29, 1.82) is 0 Å². The monoisotopic (exact) mass is 258 g/mol. The number of rotatable bonds is 4. The summed E-state index contributed by atoms with van der Waals surface area (Å²) >= 11 is 0. The number of carbonyl (C=O) groups is 1. The Morgan fingerprint density at radius 2 is 2.26 bits per heavy atom. The lowest BCUT2D eigenvalue weighted by Gasteiger charge is -2.01. The van der Waals surface area contributed by atoms with E-state index in [1.165, 1.54) is 6.20 Å². The van der Waals surface area contributed by atoms with E-state index in [0.717, 1.165) is 12.1 Å². The molecule has 0 aliphatic heterocycles. The van der Waals surface area contributed by atoms with Crippen LogP contribution in [0.5, 0.6) is 0 Å². The van der Waals surface area contributed by atoms with Crippen molar-refractivity contribution in [2.45, 2.75) is 0 Å². The van der Waals surface area contributed by atoms with E-state index in [1.54, 1.807) is 12.1 Å². The molecule has 0 saturated carbocycles. The molecule has 0 bridgehead atoms. The molecule has 0 radical (unpaired) electrons. The smallest absolute Gasteiger partial charge is 0.341 e. The number of hydrogen-bond donors (Lipinski definition) is 3. The fourth-order valence-corrected chi connectivity index (χ4v) is 1.82. The van der Waals surface area contributed by atoms with Gasteiger partial charge in [0.25, 0.3) is 0 Å². The molecule has 1 aromatic heterocycles. The van der Waals surface area contributed by atoms with E-state index >= 15 is 0 Å². The quantitative estimate of drug-likeness (QED) is 0.775. The van der Waals surface area contributed by atoms with Crippen molar-refractivity contribution in [1.82, 2.24) is 10.3 Å². The third-order valence-corrected chi connectivity index (χ3v) is 2.77. The first kappa shape index (κ1) is 13.0. The second-order valence-electron chi connectivity index (χ2n) is 4.10. The highest BCUT2D eigenvalue weighted by atomic mass is 16.4. The topological polar surface area (TPSA) is 82.2 Å². The van der Waals surface area contributed by atoms with Gasteiger partial charge >= 0.3 is 5.97 Å². The third-order valence-electron chi connectivity index (χ3n) is 2.77. The normalized spacial score (nSPS) is 11.2. The van der Waals surface area contributed by atoms with Gasteiger partial charge in [-0.15, -0.1) is 0 Å². The van der Waals surface area contributed by atoms with E-state index in [4.69, 9.17) is 5.11 Å². The van der Waals surface area contributed by atoms with Crippen LogP contribution in [0.25, 0.3) is 17.0 Å². The Morgan fingerprint density at radius 1 is 1.47 bits per heavy atom. The Balaban J connectivity index is 2.49. The predicted octanol–water partition coefficient (Wildman–Crippen LogP) is 1.46. The van der Waals surface area contributed by atoms with E-state index < -0.39 is 11.4 Å². The van der Waals surface area contributed by atoms with Crippen molar-refractivity contribution in [2.24, 2.45) is 0 Å². The zero-order valence-corrected chi connectivity index (χ0v) is 10.4. The van der Waals surface area contributed by atoms with Gasteiger partial charge in [0.15, 0.2) is 0 Å². The van der Waals surface area contributed by atoms with Crippen LogP contribution in [0, 0.1) is 0 Å². The first-order valence-electron chi connectivity index (χ1n) is 5.83. The van der Waals surface area contributed by atoms with E-state index in [-0.39, 0.29) is 5.56 Å². The van der Waals surface area contributed by atoms with Crippen LogP contribution in [0.15, 0.2) is 35.3 Å². The molecule has 2 rings (SSSR count). The van der Waals surface area contributed by atoms with Gasteiger partial charge in [-0.25, -0.2) is 4.79 Å². The van der Waals surface area contributed by atoms with Gasteiger partial charge in [0.05, 0.1) is 0 Å². The number of aromatic nitrogens is 1. The zero-order valence-electron chi connectivity index (χ0n) is 10.4. The Morgan fingerprint density at radius 3 is 2.95 bits per heavy atom. The number of H-pyrrole nitrogens is 1. The fraction of sp³-hybridized carbons (Fsp3) is 0.143. The summed E-state index contributed by atoms with van der Waals surface area (Å²) < 4.78 is 0. The van der Waals surface area contributed by atoms with Crippen LogP contribution < -0.4 is 10.7 Å². The summed E-state index contributed by atoms with van der Waals surface area (Å²) in [5, 5.41) is 12.3. The predicted molar refractivity (Wildman–Crippen MR) is 74.5 cm³/mol. The van der Waals surface area contributed by atoms with Crippen LogP contribution >= 0.6 is 0 Å². The maximum Gasteiger partial charge on any atom is 0.341 e. The van der Waals surface area contributed by atoms with Crippen LogP contribution in [0.2, 0.25) is 0 Å². The van der Waals surface area contributed by atoms with Gasteiger partial charge in [-0.3, -0.25) is 4.79 Å². The van der Waals surface area contributed by atoms with Gasteiger partial charge in [0.1, 0.15) is 5.56 Å². The summed E-state index contributed by atoms with van der Waals surface area (Å²) in [6.07, 6.45) is 5.12. The van der Waals surface area contributed by atoms with Gasteiger partial charge in [-0.1, -0.05) is 18.2 Å². The van der Waals surface area contributed by atoms with Crippen molar-refractivity contribution >= 4 is 22.9 Å². The maximum atomic E-state index is 11.9. The molecule has 0 amide bonds. The Bertz CT molecular complexity index is 701. The van der Waals surface area contributed by atoms with Gasteiger partial charge in [-0.2, -0.15) is 0 Å². The molecule has 3 N–H and O–H groups in total. The molecule has 0 spiro atoms. The lowest BCUT2D eigenvalue weighted by Crippen LogP contribution is -2.15. The van der Waals surface area contributed by atoms with E-state index in [0.29, 0.717) is 10.9 Å². The van der Waals surface area contributed by atoms with E-state index in [2.05, 4.69) is 10.3 Å². The molecule has 0 unspecified atom stereocenters. The lowest BCUT2D eigenvalue weighted by atomic mass is 10.1. The number of carboxylic acids is 1. The van der Waals surface area contributed by atoms with Gasteiger partial charge in [-0.05, 0) is 24.7 Å². The summed E-state index contributed by atoms with van der Waals surface area (Å²) in [5.41, 5.74) is 0.862. The number of aromatic amines is 1.